The summed E-state index contributed by atoms with van der Waals surface area (Å²) >= 11 is 0. The molecule has 0 saturated heterocycles. The zero-order valence-electron chi connectivity index (χ0n) is 9.86. The lowest BCUT2D eigenvalue weighted by molar-refractivity contribution is 0.144. The molecule has 0 saturated carbocycles. The minimum absolute atomic E-state index is 0.551. The Morgan fingerprint density at radius 2 is 1.94 bits per heavy atom. The second kappa shape index (κ2) is 7.09. The Bertz CT molecular complexity index is 315. The fraction of sp³-hybridized carbons (Fsp3) is 0.500. The summed E-state index contributed by atoms with van der Waals surface area (Å²) in [6, 6.07) is 5.74. The minimum Gasteiger partial charge on any atom is -0.497 e. The van der Waals surface area contributed by atoms with Crippen LogP contribution in [-0.2, 0) is 11.2 Å². The molecule has 0 aliphatic carbocycles. The van der Waals surface area contributed by atoms with Crippen molar-refractivity contribution in [2.24, 2.45) is 5.73 Å². The number of nitrogens with two attached hydrogens (primary N) is 1. The largest absolute Gasteiger partial charge is 0.497 e. The minimum atomic E-state index is 0.551. The summed E-state index contributed by atoms with van der Waals surface area (Å²) in [6.07, 6.45) is 0.792. The van der Waals surface area contributed by atoms with Gasteiger partial charge in [-0.25, -0.2) is 0 Å². The van der Waals surface area contributed by atoms with Gasteiger partial charge in [-0.2, -0.15) is 0 Å². The lowest BCUT2D eigenvalue weighted by Crippen LogP contribution is -2.10. The Balaban J connectivity index is 2.60. The van der Waals surface area contributed by atoms with Crippen molar-refractivity contribution in [3.63, 3.8) is 0 Å². The molecule has 0 heterocycles. The molecule has 0 atom stereocenters. The maximum Gasteiger partial charge on any atom is 0.122 e. The molecule has 0 aliphatic rings. The molecule has 0 amide bonds. The normalized spacial score (nSPS) is 10.2. The highest BCUT2D eigenvalue weighted by molar-refractivity contribution is 5.40. The third-order valence-corrected chi connectivity index (χ3v) is 2.27. The van der Waals surface area contributed by atoms with Crippen LogP contribution in [0.3, 0.4) is 0 Å². The highest BCUT2D eigenvalue weighted by Gasteiger charge is 2.04. The fourth-order valence-electron chi connectivity index (χ4n) is 1.44. The molecular weight excluding hydrogens is 206 g/mol. The van der Waals surface area contributed by atoms with E-state index >= 15 is 0 Å². The Labute approximate surface area is 96.3 Å². The van der Waals surface area contributed by atoms with E-state index < -0.39 is 0 Å². The maximum absolute atomic E-state index is 5.34. The van der Waals surface area contributed by atoms with Crippen molar-refractivity contribution in [2.45, 2.75) is 6.42 Å². The smallest absolute Gasteiger partial charge is 0.122 e. The highest BCUT2D eigenvalue weighted by atomic mass is 16.5. The average Bonchev–Trinajstić information content (AvgIpc) is 2.34. The third kappa shape index (κ3) is 3.72. The van der Waals surface area contributed by atoms with Crippen LogP contribution in [0.5, 0.6) is 11.5 Å². The molecule has 0 radical (unpaired) electrons. The highest BCUT2D eigenvalue weighted by Crippen LogP contribution is 2.24. The summed E-state index contributed by atoms with van der Waals surface area (Å²) in [4.78, 5) is 0. The first-order valence-electron chi connectivity index (χ1n) is 5.30. The molecule has 0 unspecified atom stereocenters. The lowest BCUT2D eigenvalue weighted by Gasteiger charge is -2.10. The summed E-state index contributed by atoms with van der Waals surface area (Å²) in [6.45, 7) is 1.78. The van der Waals surface area contributed by atoms with Crippen LogP contribution in [0.4, 0.5) is 0 Å². The maximum atomic E-state index is 5.34. The van der Waals surface area contributed by atoms with Crippen LogP contribution in [0.25, 0.3) is 0 Å². The van der Waals surface area contributed by atoms with Crippen LogP contribution in [-0.4, -0.2) is 34.0 Å². The van der Waals surface area contributed by atoms with Gasteiger partial charge in [-0.15, -0.1) is 0 Å². The molecule has 0 aromatic heterocycles. The topological polar surface area (TPSA) is 53.7 Å². The lowest BCUT2D eigenvalue weighted by atomic mass is 10.1. The molecule has 16 heavy (non-hydrogen) atoms. The van der Waals surface area contributed by atoms with Crippen LogP contribution in [0.15, 0.2) is 18.2 Å². The summed E-state index contributed by atoms with van der Waals surface area (Å²) in [5.74, 6) is 1.69. The molecular formula is C12H19NO3. The number of methoxy groups -OCH3 is 2. The quantitative estimate of drug-likeness (QED) is 0.709. The van der Waals surface area contributed by atoms with Gasteiger partial charge in [-0.3, -0.25) is 0 Å². The number of rotatable bonds is 7. The Morgan fingerprint density at radius 3 is 2.56 bits per heavy atom. The van der Waals surface area contributed by atoms with E-state index in [2.05, 4.69) is 0 Å². The van der Waals surface area contributed by atoms with E-state index in [0.29, 0.717) is 19.8 Å². The van der Waals surface area contributed by atoms with Crippen molar-refractivity contribution in [2.75, 3.05) is 34.0 Å². The van der Waals surface area contributed by atoms with Crippen LogP contribution < -0.4 is 15.2 Å². The molecule has 1 rings (SSSR count). The van der Waals surface area contributed by atoms with Gasteiger partial charge in [0, 0.05) is 12.1 Å². The van der Waals surface area contributed by atoms with Gasteiger partial charge in [-0.05, 0) is 24.6 Å². The van der Waals surface area contributed by atoms with Crippen LogP contribution in [0, 0.1) is 0 Å². The molecule has 0 bridgehead atoms. The molecule has 0 fully saturated rings. The predicted octanol–water partition coefficient (Wildman–Crippen LogP) is 1.22. The Kier molecular flexibility index (Phi) is 5.67. The van der Waals surface area contributed by atoms with Gasteiger partial charge in [0.05, 0.1) is 27.4 Å². The van der Waals surface area contributed by atoms with Crippen molar-refractivity contribution in [1.82, 2.24) is 0 Å². The molecule has 2 N–H and O–H groups in total. The molecule has 4 nitrogen and oxygen atoms in total. The van der Waals surface area contributed by atoms with E-state index in [0.717, 1.165) is 23.5 Å². The van der Waals surface area contributed by atoms with Crippen molar-refractivity contribution in [3.05, 3.63) is 23.8 Å². The van der Waals surface area contributed by atoms with Gasteiger partial charge in [0.1, 0.15) is 11.5 Å². The molecule has 1 aromatic carbocycles. The third-order valence-electron chi connectivity index (χ3n) is 2.27. The monoisotopic (exact) mass is 225 g/mol. The molecule has 4 heteroatoms. The van der Waals surface area contributed by atoms with Crippen molar-refractivity contribution in [3.8, 4) is 11.5 Å². The summed E-state index contributed by atoms with van der Waals surface area (Å²) in [5.41, 5.74) is 6.42. The average molecular weight is 225 g/mol. The van der Waals surface area contributed by atoms with Gasteiger partial charge in [-0.1, -0.05) is 0 Å². The first-order chi connectivity index (χ1) is 7.81. The van der Waals surface area contributed by atoms with Crippen LogP contribution in [0.1, 0.15) is 5.56 Å². The van der Waals surface area contributed by atoms with Gasteiger partial charge < -0.3 is 19.9 Å². The van der Waals surface area contributed by atoms with Gasteiger partial charge >= 0.3 is 0 Å². The molecule has 90 valence electrons. The molecule has 0 spiro atoms. The fourth-order valence-corrected chi connectivity index (χ4v) is 1.44. The van der Waals surface area contributed by atoms with E-state index in [4.69, 9.17) is 19.9 Å². The van der Waals surface area contributed by atoms with Crippen molar-refractivity contribution >= 4 is 0 Å². The first kappa shape index (κ1) is 12.8. The number of hydrogen-bond acceptors (Lipinski definition) is 4. The first-order valence-corrected chi connectivity index (χ1v) is 5.30. The van der Waals surface area contributed by atoms with Gasteiger partial charge in [0.15, 0.2) is 0 Å². The van der Waals surface area contributed by atoms with Crippen molar-refractivity contribution in [1.29, 1.82) is 0 Å². The van der Waals surface area contributed by atoms with E-state index in [-0.39, 0.29) is 0 Å². The number of benzene rings is 1. The van der Waals surface area contributed by atoms with E-state index in [9.17, 15) is 0 Å². The summed E-state index contributed by atoms with van der Waals surface area (Å²) in [5, 5.41) is 0. The van der Waals surface area contributed by atoms with Crippen molar-refractivity contribution < 1.29 is 14.2 Å². The second-order valence-electron chi connectivity index (χ2n) is 3.33. The van der Waals surface area contributed by atoms with Gasteiger partial charge in [0.2, 0.25) is 0 Å². The SMILES string of the molecule is COc1ccc(OC)c(CCOCCN)c1. The number of ether oxygens (including phenoxy) is 3. The zero-order valence-corrected chi connectivity index (χ0v) is 9.86. The van der Waals surface area contributed by atoms with E-state index in [1.165, 1.54) is 0 Å². The van der Waals surface area contributed by atoms with Gasteiger partial charge in [0.25, 0.3) is 0 Å². The summed E-state index contributed by atoms with van der Waals surface area (Å²) in [7, 11) is 3.31. The Morgan fingerprint density at radius 1 is 1.12 bits per heavy atom. The number of hydrogen-bond donors (Lipinski definition) is 1. The van der Waals surface area contributed by atoms with Crippen LogP contribution >= 0.6 is 0 Å². The predicted molar refractivity (Wildman–Crippen MR) is 63.1 cm³/mol. The van der Waals surface area contributed by atoms with Crippen LogP contribution in [0.2, 0.25) is 0 Å². The zero-order chi connectivity index (χ0) is 11.8. The molecule has 1 aromatic rings. The second-order valence-corrected chi connectivity index (χ2v) is 3.33. The van der Waals surface area contributed by atoms with E-state index in [1.807, 2.05) is 18.2 Å². The summed E-state index contributed by atoms with van der Waals surface area (Å²) < 4.78 is 15.8. The standard InChI is InChI=1S/C12H19NO3/c1-14-11-3-4-12(15-2)10(9-11)5-7-16-8-6-13/h3-4,9H,5-8,13H2,1-2H3. The Hall–Kier alpha value is -1.26. The molecule has 0 aliphatic heterocycles. The van der Waals surface area contributed by atoms with E-state index in [1.54, 1.807) is 14.2 Å².